The number of carboxylic acids is 1. The fourth-order valence-electron chi connectivity index (χ4n) is 1.25. The SMILES string of the molecule is CC(C)(C)OC(=O)N[C@H](/C=C\CCCC(=O)O)CO. The highest BCUT2D eigenvalue weighted by molar-refractivity contribution is 5.68. The molecule has 1 amide bonds. The molecule has 0 spiro atoms. The molecule has 0 aromatic carbocycles. The van der Waals surface area contributed by atoms with Crippen LogP contribution in [0.1, 0.15) is 40.0 Å². The zero-order chi connectivity index (χ0) is 14.9. The summed E-state index contributed by atoms with van der Waals surface area (Å²) in [5, 5.41) is 20.1. The Kier molecular flexibility index (Phi) is 7.83. The van der Waals surface area contributed by atoms with Crippen molar-refractivity contribution in [2.24, 2.45) is 0 Å². The van der Waals surface area contributed by atoms with Crippen molar-refractivity contribution in [2.45, 2.75) is 51.7 Å². The number of carboxylic acid groups (broad SMARTS) is 1. The maximum Gasteiger partial charge on any atom is 0.408 e. The van der Waals surface area contributed by atoms with E-state index in [1.165, 1.54) is 0 Å². The van der Waals surface area contributed by atoms with Gasteiger partial charge in [-0.05, 0) is 33.6 Å². The average Bonchev–Trinajstić information content (AvgIpc) is 2.24. The van der Waals surface area contributed by atoms with Gasteiger partial charge in [0.15, 0.2) is 0 Å². The van der Waals surface area contributed by atoms with Crippen LogP contribution in [0.2, 0.25) is 0 Å². The van der Waals surface area contributed by atoms with Crippen molar-refractivity contribution in [1.82, 2.24) is 5.32 Å². The normalized spacial score (nSPS) is 13.3. The number of hydrogen-bond donors (Lipinski definition) is 3. The molecule has 0 saturated heterocycles. The molecule has 1 atom stereocenters. The Morgan fingerprint density at radius 2 is 2.00 bits per heavy atom. The fourth-order valence-corrected chi connectivity index (χ4v) is 1.25. The van der Waals surface area contributed by atoms with Crippen LogP contribution in [0.15, 0.2) is 12.2 Å². The summed E-state index contributed by atoms with van der Waals surface area (Å²) >= 11 is 0. The zero-order valence-corrected chi connectivity index (χ0v) is 11.7. The number of aliphatic carboxylic acids is 1. The average molecular weight is 273 g/mol. The van der Waals surface area contributed by atoms with Gasteiger partial charge in [-0.15, -0.1) is 0 Å². The molecule has 0 aromatic rings. The molecule has 0 aliphatic rings. The van der Waals surface area contributed by atoms with Crippen molar-refractivity contribution in [1.29, 1.82) is 0 Å². The minimum atomic E-state index is -0.834. The first-order valence-corrected chi connectivity index (χ1v) is 6.23. The van der Waals surface area contributed by atoms with Gasteiger partial charge >= 0.3 is 12.1 Å². The number of nitrogens with one attached hydrogen (secondary N) is 1. The van der Waals surface area contributed by atoms with Gasteiger partial charge in [0.2, 0.25) is 0 Å². The monoisotopic (exact) mass is 273 g/mol. The van der Waals surface area contributed by atoms with Crippen LogP contribution in [0.5, 0.6) is 0 Å². The highest BCUT2D eigenvalue weighted by atomic mass is 16.6. The number of unbranched alkanes of at least 4 members (excludes halogenated alkanes) is 1. The van der Waals surface area contributed by atoms with E-state index in [2.05, 4.69) is 5.32 Å². The lowest BCUT2D eigenvalue weighted by atomic mass is 10.2. The van der Waals surface area contributed by atoms with Gasteiger partial charge in [0.05, 0.1) is 12.6 Å². The second-order valence-corrected chi connectivity index (χ2v) is 5.15. The largest absolute Gasteiger partial charge is 0.481 e. The second kappa shape index (κ2) is 8.53. The summed E-state index contributed by atoms with van der Waals surface area (Å²) in [4.78, 5) is 21.7. The number of carbonyl (C=O) groups excluding carboxylic acids is 1. The lowest BCUT2D eigenvalue weighted by molar-refractivity contribution is -0.137. The van der Waals surface area contributed by atoms with E-state index in [1.807, 2.05) is 0 Å². The minimum absolute atomic E-state index is 0.105. The molecular formula is C13H23NO5. The van der Waals surface area contributed by atoms with Crippen molar-refractivity contribution in [3.8, 4) is 0 Å². The molecule has 0 rings (SSSR count). The van der Waals surface area contributed by atoms with Crippen LogP contribution < -0.4 is 5.32 Å². The number of rotatable bonds is 7. The summed E-state index contributed by atoms with van der Waals surface area (Å²) in [6, 6.07) is -0.528. The molecule has 6 nitrogen and oxygen atoms in total. The highest BCUT2D eigenvalue weighted by Crippen LogP contribution is 2.07. The molecule has 0 heterocycles. The van der Waals surface area contributed by atoms with Gasteiger partial charge in [-0.3, -0.25) is 4.79 Å². The van der Waals surface area contributed by atoms with Crippen LogP contribution in [0, 0.1) is 0 Å². The highest BCUT2D eigenvalue weighted by Gasteiger charge is 2.17. The van der Waals surface area contributed by atoms with E-state index in [0.717, 1.165) is 0 Å². The molecule has 6 heteroatoms. The van der Waals surface area contributed by atoms with Crippen molar-refractivity contribution in [2.75, 3.05) is 6.61 Å². The van der Waals surface area contributed by atoms with Crippen LogP contribution in [0.4, 0.5) is 4.79 Å². The van der Waals surface area contributed by atoms with Gasteiger partial charge in [0.1, 0.15) is 5.60 Å². The Hall–Kier alpha value is -1.56. The standard InChI is InChI=1S/C13H23NO5/c1-13(2,3)19-12(18)14-10(9-15)7-5-4-6-8-11(16)17/h5,7,10,15H,4,6,8-9H2,1-3H3,(H,14,18)(H,16,17)/b7-5-/t10-/m1/s1. The van der Waals surface area contributed by atoms with E-state index >= 15 is 0 Å². The number of ether oxygens (including phenoxy) is 1. The molecule has 19 heavy (non-hydrogen) atoms. The van der Waals surface area contributed by atoms with E-state index in [9.17, 15) is 9.59 Å². The number of allylic oxidation sites excluding steroid dienone is 1. The Morgan fingerprint density at radius 3 is 2.47 bits per heavy atom. The van der Waals surface area contributed by atoms with E-state index in [0.29, 0.717) is 12.8 Å². The molecule has 0 aliphatic heterocycles. The number of hydrogen-bond acceptors (Lipinski definition) is 4. The van der Waals surface area contributed by atoms with Crippen LogP contribution in [-0.2, 0) is 9.53 Å². The number of alkyl carbamates (subject to hydrolysis) is 1. The summed E-state index contributed by atoms with van der Waals surface area (Å²) in [6.07, 6.45) is 3.98. The number of aliphatic hydroxyl groups is 1. The molecular weight excluding hydrogens is 250 g/mol. The predicted octanol–water partition coefficient (Wildman–Crippen LogP) is 1.68. The van der Waals surface area contributed by atoms with Gasteiger partial charge in [0.25, 0.3) is 0 Å². The quantitative estimate of drug-likeness (QED) is 0.484. The maximum absolute atomic E-state index is 11.5. The van der Waals surface area contributed by atoms with Crippen LogP contribution in [-0.4, -0.2) is 40.5 Å². The number of amides is 1. The fraction of sp³-hybridized carbons (Fsp3) is 0.692. The van der Waals surface area contributed by atoms with E-state index in [1.54, 1.807) is 32.9 Å². The maximum atomic E-state index is 11.5. The van der Waals surface area contributed by atoms with E-state index in [4.69, 9.17) is 14.9 Å². The molecule has 0 aromatic heterocycles. The zero-order valence-electron chi connectivity index (χ0n) is 11.7. The van der Waals surface area contributed by atoms with E-state index in [-0.39, 0.29) is 13.0 Å². The molecule has 0 aliphatic carbocycles. The predicted molar refractivity (Wildman–Crippen MR) is 70.9 cm³/mol. The topological polar surface area (TPSA) is 95.9 Å². The lowest BCUT2D eigenvalue weighted by Crippen LogP contribution is -2.39. The first-order valence-electron chi connectivity index (χ1n) is 6.23. The summed E-state index contributed by atoms with van der Waals surface area (Å²) in [5.74, 6) is -0.834. The first kappa shape index (κ1) is 17.4. The molecule has 0 bridgehead atoms. The Labute approximate surface area is 113 Å². The lowest BCUT2D eigenvalue weighted by Gasteiger charge is -2.21. The van der Waals surface area contributed by atoms with E-state index < -0.39 is 23.7 Å². The van der Waals surface area contributed by atoms with Gasteiger partial charge in [-0.25, -0.2) is 4.79 Å². The molecule has 0 unspecified atom stereocenters. The number of aliphatic hydroxyl groups excluding tert-OH is 1. The minimum Gasteiger partial charge on any atom is -0.481 e. The molecule has 110 valence electrons. The Balaban J connectivity index is 4.03. The molecule has 0 saturated carbocycles. The van der Waals surface area contributed by atoms with Crippen molar-refractivity contribution < 1.29 is 24.5 Å². The third-order valence-electron chi connectivity index (χ3n) is 2.03. The summed E-state index contributed by atoms with van der Waals surface area (Å²) < 4.78 is 5.06. The van der Waals surface area contributed by atoms with Crippen molar-refractivity contribution >= 4 is 12.1 Å². The molecule has 0 radical (unpaired) electrons. The summed E-state index contributed by atoms with van der Waals surface area (Å²) in [6.45, 7) is 5.02. The summed E-state index contributed by atoms with van der Waals surface area (Å²) in [7, 11) is 0. The summed E-state index contributed by atoms with van der Waals surface area (Å²) in [5.41, 5.74) is -0.588. The van der Waals surface area contributed by atoms with Crippen molar-refractivity contribution in [3.05, 3.63) is 12.2 Å². The second-order valence-electron chi connectivity index (χ2n) is 5.15. The van der Waals surface area contributed by atoms with Gasteiger partial charge in [-0.2, -0.15) is 0 Å². The number of carbonyl (C=O) groups is 2. The smallest absolute Gasteiger partial charge is 0.408 e. The Bertz CT molecular complexity index is 319. The van der Waals surface area contributed by atoms with Gasteiger partial charge < -0.3 is 20.3 Å². The first-order chi connectivity index (χ1) is 8.74. The van der Waals surface area contributed by atoms with Gasteiger partial charge in [0, 0.05) is 6.42 Å². The third-order valence-corrected chi connectivity index (χ3v) is 2.03. The molecule has 0 fully saturated rings. The third kappa shape index (κ3) is 11.3. The van der Waals surface area contributed by atoms with Crippen LogP contribution in [0.25, 0.3) is 0 Å². The van der Waals surface area contributed by atoms with Crippen molar-refractivity contribution in [3.63, 3.8) is 0 Å². The van der Waals surface area contributed by atoms with Crippen LogP contribution >= 0.6 is 0 Å². The van der Waals surface area contributed by atoms with Gasteiger partial charge in [-0.1, -0.05) is 12.2 Å². The Morgan fingerprint density at radius 1 is 1.37 bits per heavy atom. The molecule has 3 N–H and O–H groups in total. The van der Waals surface area contributed by atoms with Crippen LogP contribution in [0.3, 0.4) is 0 Å².